The van der Waals surface area contributed by atoms with Gasteiger partial charge in [-0.2, -0.15) is 0 Å². The molecule has 0 spiro atoms. The molecule has 20 heavy (non-hydrogen) atoms. The lowest BCUT2D eigenvalue weighted by molar-refractivity contribution is 0.0400. The molecule has 0 aliphatic rings. The molecule has 0 saturated carbocycles. The molecule has 2 atom stereocenters. The maximum absolute atomic E-state index is 11.8. The van der Waals surface area contributed by atoms with Gasteiger partial charge in [-0.1, -0.05) is 13.8 Å². The summed E-state index contributed by atoms with van der Waals surface area (Å²) in [7, 11) is 0. The number of alkyl carbamates (subject to hydrolysis) is 1. The Bertz CT molecular complexity index is 303. The molecule has 1 amide bonds. The zero-order valence-corrected chi connectivity index (χ0v) is 14.2. The van der Waals surface area contributed by atoms with Crippen molar-refractivity contribution in [2.75, 3.05) is 6.54 Å². The van der Waals surface area contributed by atoms with Crippen LogP contribution >= 0.6 is 0 Å². The van der Waals surface area contributed by atoms with Gasteiger partial charge in [-0.25, -0.2) is 4.79 Å². The van der Waals surface area contributed by atoms with E-state index in [2.05, 4.69) is 10.6 Å². The summed E-state index contributed by atoms with van der Waals surface area (Å²) in [5.41, 5.74) is -1.30. The van der Waals surface area contributed by atoms with Crippen LogP contribution in [-0.4, -0.2) is 41.0 Å². The molecule has 0 fully saturated rings. The van der Waals surface area contributed by atoms with E-state index in [1.165, 1.54) is 0 Å². The Morgan fingerprint density at radius 1 is 1.15 bits per heavy atom. The second-order valence-electron chi connectivity index (χ2n) is 7.28. The maximum atomic E-state index is 11.8. The van der Waals surface area contributed by atoms with Gasteiger partial charge < -0.3 is 20.5 Å². The van der Waals surface area contributed by atoms with Crippen molar-refractivity contribution >= 4 is 6.09 Å². The molecule has 0 aliphatic carbocycles. The molecule has 0 saturated heterocycles. The minimum absolute atomic E-state index is 0.0466. The highest BCUT2D eigenvalue weighted by molar-refractivity contribution is 5.68. The van der Waals surface area contributed by atoms with Crippen LogP contribution in [0.1, 0.15) is 55.4 Å². The summed E-state index contributed by atoms with van der Waals surface area (Å²) in [4.78, 5) is 11.8. The normalized spacial score (nSPS) is 15.9. The molecule has 0 aliphatic heterocycles. The lowest BCUT2D eigenvalue weighted by atomic mass is 9.99. The van der Waals surface area contributed by atoms with Crippen molar-refractivity contribution < 1.29 is 14.6 Å². The van der Waals surface area contributed by atoms with Gasteiger partial charge in [0.25, 0.3) is 0 Å². The fraction of sp³-hybridized carbons (Fsp3) is 0.933. The first kappa shape index (κ1) is 19.2. The van der Waals surface area contributed by atoms with Gasteiger partial charge in [0.15, 0.2) is 0 Å². The molecule has 0 radical (unpaired) electrons. The average molecular weight is 288 g/mol. The third kappa shape index (κ3) is 8.38. The van der Waals surface area contributed by atoms with Crippen molar-refractivity contribution in [1.29, 1.82) is 0 Å². The van der Waals surface area contributed by atoms with Gasteiger partial charge in [-0.15, -0.1) is 0 Å². The Morgan fingerprint density at radius 2 is 1.65 bits per heavy atom. The first-order chi connectivity index (χ1) is 8.83. The van der Waals surface area contributed by atoms with E-state index in [0.717, 1.165) is 0 Å². The van der Waals surface area contributed by atoms with Crippen molar-refractivity contribution in [1.82, 2.24) is 10.6 Å². The summed E-state index contributed by atoms with van der Waals surface area (Å²) in [5.74, 6) is 0.268. The van der Waals surface area contributed by atoms with Gasteiger partial charge in [0.05, 0.1) is 5.60 Å². The third-order valence-electron chi connectivity index (χ3n) is 3.21. The fourth-order valence-corrected chi connectivity index (χ4v) is 1.47. The largest absolute Gasteiger partial charge is 0.444 e. The Hall–Kier alpha value is -0.810. The highest BCUT2D eigenvalue weighted by Gasteiger charge is 2.25. The quantitative estimate of drug-likeness (QED) is 0.701. The first-order valence-corrected chi connectivity index (χ1v) is 7.28. The maximum Gasteiger partial charge on any atom is 0.407 e. The van der Waals surface area contributed by atoms with Gasteiger partial charge in [0, 0.05) is 18.6 Å². The van der Waals surface area contributed by atoms with Crippen LogP contribution in [0, 0.1) is 5.92 Å². The van der Waals surface area contributed by atoms with Crippen molar-refractivity contribution in [2.24, 2.45) is 5.92 Å². The van der Waals surface area contributed by atoms with E-state index < -0.39 is 17.3 Å². The second-order valence-corrected chi connectivity index (χ2v) is 7.28. The summed E-state index contributed by atoms with van der Waals surface area (Å²) in [6.45, 7) is 15.6. The molecule has 0 heterocycles. The molecule has 0 aromatic carbocycles. The smallest absolute Gasteiger partial charge is 0.407 e. The first-order valence-electron chi connectivity index (χ1n) is 7.28. The van der Waals surface area contributed by atoms with Crippen molar-refractivity contribution in [3.63, 3.8) is 0 Å². The van der Waals surface area contributed by atoms with Crippen LogP contribution in [0.5, 0.6) is 0 Å². The van der Waals surface area contributed by atoms with Crippen LogP contribution < -0.4 is 10.6 Å². The molecular weight excluding hydrogens is 256 g/mol. The molecule has 0 aromatic rings. The number of carbonyl (C=O) groups excluding carboxylic acids is 1. The van der Waals surface area contributed by atoms with Crippen LogP contribution in [0.3, 0.4) is 0 Å². The van der Waals surface area contributed by atoms with E-state index in [4.69, 9.17) is 4.74 Å². The summed E-state index contributed by atoms with van der Waals surface area (Å²) < 4.78 is 5.27. The number of carbonyl (C=O) groups is 1. The number of hydrogen-bond acceptors (Lipinski definition) is 4. The van der Waals surface area contributed by atoms with Crippen LogP contribution in [-0.2, 0) is 4.74 Å². The van der Waals surface area contributed by atoms with Gasteiger partial charge >= 0.3 is 6.09 Å². The molecule has 0 bridgehead atoms. The highest BCUT2D eigenvalue weighted by atomic mass is 16.6. The Balaban J connectivity index is 4.42. The second kappa shape index (κ2) is 7.27. The van der Waals surface area contributed by atoms with Gasteiger partial charge in [-0.3, -0.25) is 0 Å². The van der Waals surface area contributed by atoms with Gasteiger partial charge in [0.1, 0.15) is 5.60 Å². The Labute approximate surface area is 123 Å². The monoisotopic (exact) mass is 288 g/mol. The lowest BCUT2D eigenvalue weighted by Crippen LogP contribution is -2.52. The minimum atomic E-state index is -0.798. The topological polar surface area (TPSA) is 70.6 Å². The molecule has 5 nitrogen and oxygen atoms in total. The van der Waals surface area contributed by atoms with E-state index in [0.29, 0.717) is 6.54 Å². The van der Waals surface area contributed by atoms with E-state index in [9.17, 15) is 9.90 Å². The number of hydrogen-bond donors (Lipinski definition) is 3. The number of aliphatic hydroxyl groups is 1. The minimum Gasteiger partial charge on any atom is -0.444 e. The third-order valence-corrected chi connectivity index (χ3v) is 3.21. The summed E-state index contributed by atoms with van der Waals surface area (Å²) in [6, 6.07) is -0.112. The predicted octanol–water partition coefficient (Wildman–Crippen LogP) is 2.28. The van der Waals surface area contributed by atoms with Crippen LogP contribution in [0.4, 0.5) is 4.79 Å². The molecule has 5 heteroatoms. The number of rotatable bonds is 6. The number of nitrogens with one attached hydrogen (secondary N) is 2. The van der Waals surface area contributed by atoms with E-state index in [-0.39, 0.29) is 18.0 Å². The van der Waals surface area contributed by atoms with Crippen LogP contribution in [0.25, 0.3) is 0 Å². The molecular formula is C15H32N2O3. The van der Waals surface area contributed by atoms with Crippen molar-refractivity contribution in [2.45, 2.75) is 78.7 Å². The zero-order chi connectivity index (χ0) is 16.1. The Kier molecular flexibility index (Phi) is 6.98. The summed E-state index contributed by atoms with van der Waals surface area (Å²) in [6.07, 6.45) is -0.408. The lowest BCUT2D eigenvalue weighted by Gasteiger charge is -2.31. The SMILES string of the molecule is CC(C)C(CNC(C)C(C)(C)O)NC(=O)OC(C)(C)C. The van der Waals surface area contributed by atoms with Gasteiger partial charge in [-0.05, 0) is 47.5 Å². The summed E-state index contributed by atoms with van der Waals surface area (Å²) >= 11 is 0. The molecule has 2 unspecified atom stereocenters. The van der Waals surface area contributed by atoms with Crippen molar-refractivity contribution in [3.8, 4) is 0 Å². The van der Waals surface area contributed by atoms with Gasteiger partial charge in [0.2, 0.25) is 0 Å². The molecule has 0 rings (SSSR count). The van der Waals surface area contributed by atoms with Crippen molar-refractivity contribution in [3.05, 3.63) is 0 Å². The van der Waals surface area contributed by atoms with Crippen LogP contribution in [0.2, 0.25) is 0 Å². The van der Waals surface area contributed by atoms with E-state index in [1.807, 2.05) is 41.5 Å². The van der Waals surface area contributed by atoms with E-state index >= 15 is 0 Å². The number of ether oxygens (including phenoxy) is 1. The fourth-order valence-electron chi connectivity index (χ4n) is 1.47. The highest BCUT2D eigenvalue weighted by Crippen LogP contribution is 2.10. The number of amides is 1. The van der Waals surface area contributed by atoms with Crippen LogP contribution in [0.15, 0.2) is 0 Å². The standard InChI is InChI=1S/C15H32N2O3/c1-10(2)12(9-16-11(3)15(7,8)19)17-13(18)20-14(4,5)6/h10-12,16,19H,9H2,1-8H3,(H,17,18). The average Bonchev–Trinajstić information content (AvgIpc) is 2.18. The zero-order valence-electron chi connectivity index (χ0n) is 14.2. The molecule has 3 N–H and O–H groups in total. The molecule has 120 valence electrons. The van der Waals surface area contributed by atoms with E-state index in [1.54, 1.807) is 13.8 Å². The summed E-state index contributed by atoms with van der Waals surface area (Å²) in [5, 5.41) is 16.0. The molecule has 0 aromatic heterocycles. The Morgan fingerprint density at radius 3 is 2.00 bits per heavy atom. The predicted molar refractivity (Wildman–Crippen MR) is 81.8 cm³/mol.